The first-order valence-electron chi connectivity index (χ1n) is 6.42. The Kier molecular flexibility index (Phi) is 4.30. The second kappa shape index (κ2) is 6.14. The van der Waals surface area contributed by atoms with Crippen molar-refractivity contribution in [2.45, 2.75) is 26.9 Å². The van der Waals surface area contributed by atoms with E-state index in [9.17, 15) is 9.59 Å². The van der Waals surface area contributed by atoms with Crippen LogP contribution in [-0.4, -0.2) is 15.5 Å². The van der Waals surface area contributed by atoms with E-state index in [-0.39, 0.29) is 18.0 Å². The van der Waals surface area contributed by atoms with Crippen LogP contribution in [0.25, 0.3) is 0 Å². The first-order valence-corrected chi connectivity index (χ1v) is 6.42. The van der Waals surface area contributed by atoms with Crippen molar-refractivity contribution in [2.24, 2.45) is 0 Å². The number of nitrogens with one attached hydrogen (secondary N) is 1. The second-order valence-electron chi connectivity index (χ2n) is 4.63. The maximum Gasteiger partial charge on any atom is 0.254 e. The monoisotopic (exact) mass is 271 g/mol. The average molecular weight is 271 g/mol. The van der Waals surface area contributed by atoms with E-state index >= 15 is 0 Å². The van der Waals surface area contributed by atoms with Crippen LogP contribution in [0.3, 0.4) is 0 Å². The van der Waals surface area contributed by atoms with Gasteiger partial charge in [0.15, 0.2) is 0 Å². The Labute approximate surface area is 117 Å². The molecule has 104 valence electrons. The molecule has 0 atom stereocenters. The van der Waals surface area contributed by atoms with Gasteiger partial charge in [0, 0.05) is 18.3 Å². The number of hydrogen-bond acceptors (Lipinski definition) is 3. The molecule has 0 aliphatic heterocycles. The molecule has 0 spiro atoms. The van der Waals surface area contributed by atoms with E-state index < -0.39 is 0 Å². The van der Waals surface area contributed by atoms with Gasteiger partial charge in [-0.1, -0.05) is 30.3 Å². The lowest BCUT2D eigenvalue weighted by Crippen LogP contribution is -2.33. The number of hydrogen-bond donors (Lipinski definition) is 1. The van der Waals surface area contributed by atoms with E-state index in [0.29, 0.717) is 18.1 Å². The van der Waals surface area contributed by atoms with Crippen molar-refractivity contribution in [3.8, 4) is 0 Å². The Bertz CT molecular complexity index is 663. The summed E-state index contributed by atoms with van der Waals surface area (Å²) in [4.78, 5) is 27.9. The molecule has 0 saturated carbocycles. The highest BCUT2D eigenvalue weighted by atomic mass is 16.2. The molecule has 1 N–H and O–H groups in total. The summed E-state index contributed by atoms with van der Waals surface area (Å²) >= 11 is 0. The van der Waals surface area contributed by atoms with Crippen molar-refractivity contribution in [2.75, 3.05) is 0 Å². The first kappa shape index (κ1) is 14.0. The van der Waals surface area contributed by atoms with E-state index in [1.807, 2.05) is 30.3 Å². The molecule has 1 aromatic heterocycles. The maximum atomic E-state index is 11.9. The van der Waals surface area contributed by atoms with E-state index in [0.717, 1.165) is 5.56 Å². The van der Waals surface area contributed by atoms with Crippen molar-refractivity contribution < 1.29 is 4.79 Å². The normalized spacial score (nSPS) is 10.3. The summed E-state index contributed by atoms with van der Waals surface area (Å²) in [6.07, 6.45) is 0. The van der Waals surface area contributed by atoms with Gasteiger partial charge in [-0.2, -0.15) is 0 Å². The molecular weight excluding hydrogens is 254 g/mol. The minimum Gasteiger partial charge on any atom is -0.350 e. The van der Waals surface area contributed by atoms with Gasteiger partial charge >= 0.3 is 0 Å². The lowest BCUT2D eigenvalue weighted by atomic mass is 10.2. The summed E-state index contributed by atoms with van der Waals surface area (Å²) in [6.45, 7) is 3.92. The van der Waals surface area contributed by atoms with Gasteiger partial charge in [0.1, 0.15) is 12.4 Å². The molecule has 0 radical (unpaired) electrons. The van der Waals surface area contributed by atoms with Gasteiger partial charge in [0.25, 0.3) is 5.56 Å². The van der Waals surface area contributed by atoms with Gasteiger partial charge in [-0.25, -0.2) is 4.98 Å². The van der Waals surface area contributed by atoms with E-state index in [4.69, 9.17) is 0 Å². The lowest BCUT2D eigenvalue weighted by Gasteiger charge is -2.10. The van der Waals surface area contributed by atoms with Gasteiger partial charge in [-0.15, -0.1) is 0 Å². The standard InChI is InChI=1S/C15H17N3O2/c1-11-8-15(20)18(12(2)17-11)10-14(19)16-9-13-6-4-3-5-7-13/h3-8H,9-10H2,1-2H3,(H,16,19). The van der Waals surface area contributed by atoms with Crippen LogP contribution in [0.4, 0.5) is 0 Å². The highest BCUT2D eigenvalue weighted by Crippen LogP contribution is 1.98. The Morgan fingerprint density at radius 2 is 1.95 bits per heavy atom. The Balaban J connectivity index is 2.00. The lowest BCUT2D eigenvalue weighted by molar-refractivity contribution is -0.121. The first-order chi connectivity index (χ1) is 9.56. The van der Waals surface area contributed by atoms with E-state index in [1.165, 1.54) is 10.6 Å². The van der Waals surface area contributed by atoms with Crippen LogP contribution in [0, 0.1) is 13.8 Å². The number of amides is 1. The molecule has 1 aromatic carbocycles. The summed E-state index contributed by atoms with van der Waals surface area (Å²) in [7, 11) is 0. The predicted octanol–water partition coefficient (Wildman–Crippen LogP) is 1.18. The second-order valence-corrected chi connectivity index (χ2v) is 4.63. The summed E-state index contributed by atoms with van der Waals surface area (Å²) in [5.41, 5.74) is 1.48. The molecule has 0 fully saturated rings. The fourth-order valence-corrected chi connectivity index (χ4v) is 1.95. The van der Waals surface area contributed by atoms with Gasteiger partial charge < -0.3 is 5.32 Å². The number of carbonyl (C=O) groups is 1. The summed E-state index contributed by atoms with van der Waals surface area (Å²) < 4.78 is 1.37. The average Bonchev–Trinajstić information content (AvgIpc) is 2.42. The Hall–Kier alpha value is -2.43. The van der Waals surface area contributed by atoms with Crippen LogP contribution < -0.4 is 10.9 Å². The summed E-state index contributed by atoms with van der Waals surface area (Å²) in [6, 6.07) is 11.1. The molecule has 1 amide bonds. The number of nitrogens with zero attached hydrogens (tertiary/aromatic N) is 2. The quantitative estimate of drug-likeness (QED) is 0.908. The van der Waals surface area contributed by atoms with Crippen LogP contribution in [-0.2, 0) is 17.9 Å². The van der Waals surface area contributed by atoms with E-state index in [2.05, 4.69) is 10.3 Å². The number of rotatable bonds is 4. The Morgan fingerprint density at radius 3 is 2.60 bits per heavy atom. The third kappa shape index (κ3) is 3.54. The smallest absolute Gasteiger partial charge is 0.254 e. The molecule has 0 aliphatic rings. The fourth-order valence-electron chi connectivity index (χ4n) is 1.95. The molecule has 20 heavy (non-hydrogen) atoms. The van der Waals surface area contributed by atoms with Gasteiger partial charge in [-0.3, -0.25) is 14.2 Å². The zero-order valence-corrected chi connectivity index (χ0v) is 11.6. The molecule has 5 nitrogen and oxygen atoms in total. The minimum atomic E-state index is -0.204. The van der Waals surface area contributed by atoms with Crippen LogP contribution in [0.15, 0.2) is 41.2 Å². The molecule has 1 heterocycles. The topological polar surface area (TPSA) is 64.0 Å². The largest absolute Gasteiger partial charge is 0.350 e. The number of benzene rings is 1. The molecule has 2 aromatic rings. The zero-order valence-electron chi connectivity index (χ0n) is 11.6. The predicted molar refractivity (Wildman–Crippen MR) is 76.3 cm³/mol. The van der Waals surface area contributed by atoms with Crippen molar-refractivity contribution in [3.05, 3.63) is 63.8 Å². The minimum absolute atomic E-state index is 0.00915. The molecular formula is C15H17N3O2. The number of carbonyl (C=O) groups excluding carboxylic acids is 1. The van der Waals surface area contributed by atoms with Crippen LogP contribution in [0.5, 0.6) is 0 Å². The fraction of sp³-hybridized carbons (Fsp3) is 0.267. The van der Waals surface area contributed by atoms with Crippen molar-refractivity contribution >= 4 is 5.91 Å². The maximum absolute atomic E-state index is 11.9. The van der Waals surface area contributed by atoms with E-state index in [1.54, 1.807) is 13.8 Å². The van der Waals surface area contributed by atoms with Crippen molar-refractivity contribution in [1.29, 1.82) is 0 Å². The number of aryl methyl sites for hydroxylation is 2. The van der Waals surface area contributed by atoms with Crippen LogP contribution in [0.1, 0.15) is 17.1 Å². The van der Waals surface area contributed by atoms with Gasteiger partial charge in [0.05, 0.1) is 0 Å². The molecule has 0 bridgehead atoms. The third-order valence-corrected chi connectivity index (χ3v) is 2.96. The van der Waals surface area contributed by atoms with Crippen LogP contribution in [0.2, 0.25) is 0 Å². The highest BCUT2D eigenvalue weighted by molar-refractivity contribution is 5.75. The van der Waals surface area contributed by atoms with Gasteiger partial charge in [0.2, 0.25) is 5.91 Å². The summed E-state index contributed by atoms with van der Waals surface area (Å²) in [5.74, 6) is 0.342. The molecule has 2 rings (SSSR count). The molecule has 0 unspecified atom stereocenters. The SMILES string of the molecule is Cc1cc(=O)n(CC(=O)NCc2ccccc2)c(C)n1. The molecule has 0 aliphatic carbocycles. The van der Waals surface area contributed by atoms with Crippen molar-refractivity contribution in [1.82, 2.24) is 14.9 Å². The van der Waals surface area contributed by atoms with Gasteiger partial charge in [-0.05, 0) is 19.4 Å². The summed E-state index contributed by atoms with van der Waals surface area (Å²) in [5, 5.41) is 2.79. The van der Waals surface area contributed by atoms with Crippen LogP contribution >= 0.6 is 0 Å². The molecule has 5 heteroatoms. The number of aromatic nitrogens is 2. The Morgan fingerprint density at radius 1 is 1.25 bits per heavy atom. The van der Waals surface area contributed by atoms with Crippen molar-refractivity contribution in [3.63, 3.8) is 0 Å². The molecule has 0 saturated heterocycles. The third-order valence-electron chi connectivity index (χ3n) is 2.96. The zero-order chi connectivity index (χ0) is 14.5. The highest BCUT2D eigenvalue weighted by Gasteiger charge is 2.08.